The van der Waals surface area contributed by atoms with Crippen molar-refractivity contribution in [2.75, 3.05) is 13.2 Å². The number of carbonyl (C=O) groups excluding carboxylic acids is 2. The van der Waals surface area contributed by atoms with E-state index < -0.39 is 12.1 Å². The van der Waals surface area contributed by atoms with Crippen LogP contribution in [0.2, 0.25) is 0 Å². The van der Waals surface area contributed by atoms with E-state index in [1.54, 1.807) is 6.08 Å². The van der Waals surface area contributed by atoms with E-state index in [9.17, 15) is 19.8 Å². The monoisotopic (exact) mass is 1230 g/mol. The molecule has 0 spiro atoms. The zero-order chi connectivity index (χ0) is 62.8. The third kappa shape index (κ3) is 73.5. The van der Waals surface area contributed by atoms with Crippen LogP contribution in [0.4, 0.5) is 0 Å². The highest BCUT2D eigenvalue weighted by Crippen LogP contribution is 2.21. The van der Waals surface area contributed by atoms with Gasteiger partial charge in [-0.1, -0.05) is 437 Å². The fourth-order valence-electron chi connectivity index (χ4n) is 13.2. The number of esters is 1. The Kier molecular flexibility index (Phi) is 75.8. The molecule has 0 aromatic heterocycles. The smallest absolute Gasteiger partial charge is 0.305 e. The Labute approximate surface area is 546 Å². The van der Waals surface area contributed by atoms with Crippen LogP contribution in [0.25, 0.3) is 0 Å². The first-order chi connectivity index (χ1) is 43.0. The highest BCUT2D eigenvalue weighted by molar-refractivity contribution is 5.76. The fraction of sp³-hybridized carbons (Fsp3) is 0.951. The van der Waals surface area contributed by atoms with Gasteiger partial charge in [0.1, 0.15) is 0 Å². The van der Waals surface area contributed by atoms with Crippen LogP contribution in [0.15, 0.2) is 12.2 Å². The molecule has 0 radical (unpaired) electrons. The summed E-state index contributed by atoms with van der Waals surface area (Å²) in [6, 6.07) is -0.623. The topological polar surface area (TPSA) is 95.9 Å². The van der Waals surface area contributed by atoms with Gasteiger partial charge in [0.05, 0.1) is 25.4 Å². The quantitative estimate of drug-likeness (QED) is 0.0320. The van der Waals surface area contributed by atoms with Crippen LogP contribution in [0.3, 0.4) is 0 Å². The van der Waals surface area contributed by atoms with Gasteiger partial charge in [0.15, 0.2) is 0 Å². The molecule has 2 unspecified atom stereocenters. The third-order valence-corrected chi connectivity index (χ3v) is 19.3. The van der Waals surface area contributed by atoms with Crippen molar-refractivity contribution in [3.8, 4) is 0 Å². The molecular weight excluding hydrogens is 1070 g/mol. The second-order valence-corrected chi connectivity index (χ2v) is 28.1. The number of unbranched alkanes of at least 4 members (excludes halogenated alkanes) is 66. The first-order valence-electron chi connectivity index (χ1n) is 40.5. The summed E-state index contributed by atoms with van der Waals surface area (Å²) in [6.07, 6.45) is 97.9. The van der Waals surface area contributed by atoms with Crippen LogP contribution >= 0.6 is 0 Å². The molecule has 0 aliphatic carbocycles. The van der Waals surface area contributed by atoms with Crippen molar-refractivity contribution in [3.05, 3.63) is 12.2 Å². The van der Waals surface area contributed by atoms with Crippen molar-refractivity contribution in [1.29, 1.82) is 0 Å². The molecule has 0 aliphatic rings. The number of carbonyl (C=O) groups is 2. The van der Waals surface area contributed by atoms with Gasteiger partial charge in [0.2, 0.25) is 5.91 Å². The second-order valence-electron chi connectivity index (χ2n) is 28.1. The minimum Gasteiger partial charge on any atom is -0.466 e. The number of amides is 1. The molecule has 0 fully saturated rings. The summed E-state index contributed by atoms with van der Waals surface area (Å²) in [4.78, 5) is 24.6. The van der Waals surface area contributed by atoms with Gasteiger partial charge in [-0.25, -0.2) is 0 Å². The highest BCUT2D eigenvalue weighted by Gasteiger charge is 2.18. The molecule has 2 atom stereocenters. The number of nitrogens with one attached hydrogen (secondary N) is 1. The van der Waals surface area contributed by atoms with Crippen LogP contribution in [-0.4, -0.2) is 47.4 Å². The molecule has 1 amide bonds. The predicted molar refractivity (Wildman–Crippen MR) is 384 cm³/mol. The number of hydrogen-bond acceptors (Lipinski definition) is 5. The molecule has 6 nitrogen and oxygen atoms in total. The molecule has 0 saturated carbocycles. The maximum absolute atomic E-state index is 12.5. The summed E-state index contributed by atoms with van der Waals surface area (Å²) in [5.41, 5.74) is 0. The van der Waals surface area contributed by atoms with Crippen LogP contribution in [-0.2, 0) is 14.3 Å². The number of aliphatic hydroxyl groups is 2. The van der Waals surface area contributed by atoms with Crippen molar-refractivity contribution < 1.29 is 24.5 Å². The van der Waals surface area contributed by atoms with E-state index in [1.165, 1.54) is 405 Å². The SMILES string of the molecule is CCCCCCCCCCCCCCCCCCCC/C=C/C(O)C(CO)NC(=O)CCCCCCCCCCCCCCCCCCCCCCCCCCCCCCCCCCCCCCCCCOC(=O)CCCCCCCCCCCCC. The molecule has 0 heterocycles. The Balaban J connectivity index is 3.31. The van der Waals surface area contributed by atoms with Gasteiger partial charge in [-0.15, -0.1) is 0 Å². The molecule has 0 aromatic rings. The first-order valence-corrected chi connectivity index (χ1v) is 40.5. The molecule has 87 heavy (non-hydrogen) atoms. The lowest BCUT2D eigenvalue weighted by molar-refractivity contribution is -0.143. The second kappa shape index (κ2) is 77.1. The summed E-state index contributed by atoms with van der Waals surface area (Å²) in [6.45, 7) is 4.96. The van der Waals surface area contributed by atoms with Crippen molar-refractivity contribution in [3.63, 3.8) is 0 Å². The number of ether oxygens (including phenoxy) is 1. The normalized spacial score (nSPS) is 12.5. The summed E-state index contributed by atoms with van der Waals surface area (Å²) >= 11 is 0. The average Bonchev–Trinajstić information content (AvgIpc) is 3.52. The Morgan fingerprint density at radius 3 is 0.782 bits per heavy atom. The number of hydrogen-bond donors (Lipinski definition) is 3. The summed E-state index contributed by atoms with van der Waals surface area (Å²) in [5.74, 6) is -0.0322. The van der Waals surface area contributed by atoms with Crippen LogP contribution in [0, 0.1) is 0 Å². The Morgan fingerprint density at radius 1 is 0.310 bits per heavy atom. The highest BCUT2D eigenvalue weighted by atomic mass is 16.5. The van der Waals surface area contributed by atoms with E-state index in [1.807, 2.05) is 6.08 Å². The Morgan fingerprint density at radius 2 is 0.529 bits per heavy atom. The third-order valence-electron chi connectivity index (χ3n) is 19.3. The van der Waals surface area contributed by atoms with Crippen molar-refractivity contribution in [1.82, 2.24) is 5.32 Å². The van der Waals surface area contributed by atoms with Crippen LogP contribution in [0.1, 0.15) is 470 Å². The lowest BCUT2D eigenvalue weighted by Gasteiger charge is -2.20. The first kappa shape index (κ1) is 85.6. The van der Waals surface area contributed by atoms with Gasteiger partial charge in [-0.05, 0) is 32.1 Å². The maximum atomic E-state index is 12.5. The lowest BCUT2D eigenvalue weighted by atomic mass is 10.0. The van der Waals surface area contributed by atoms with Gasteiger partial charge in [-0.3, -0.25) is 9.59 Å². The number of rotatable bonds is 77. The van der Waals surface area contributed by atoms with Crippen molar-refractivity contribution in [2.45, 2.75) is 482 Å². The number of allylic oxidation sites excluding steroid dienone is 1. The fourth-order valence-corrected chi connectivity index (χ4v) is 13.2. The van der Waals surface area contributed by atoms with Gasteiger partial charge in [0, 0.05) is 12.8 Å². The van der Waals surface area contributed by atoms with Gasteiger partial charge >= 0.3 is 5.97 Å². The molecule has 6 heteroatoms. The largest absolute Gasteiger partial charge is 0.466 e. The minimum atomic E-state index is -0.840. The van der Waals surface area contributed by atoms with E-state index in [4.69, 9.17) is 4.74 Å². The zero-order valence-electron chi connectivity index (χ0n) is 59.5. The molecule has 0 aromatic carbocycles. The van der Waals surface area contributed by atoms with Gasteiger partial charge < -0.3 is 20.3 Å². The number of aliphatic hydroxyl groups excluding tert-OH is 2. The lowest BCUT2D eigenvalue weighted by Crippen LogP contribution is -2.45. The van der Waals surface area contributed by atoms with E-state index in [0.717, 1.165) is 38.5 Å². The predicted octanol–water partition coefficient (Wildman–Crippen LogP) is 26.7. The molecule has 0 saturated heterocycles. The van der Waals surface area contributed by atoms with E-state index in [2.05, 4.69) is 19.2 Å². The molecule has 0 bridgehead atoms. The van der Waals surface area contributed by atoms with Crippen LogP contribution < -0.4 is 5.32 Å². The van der Waals surface area contributed by atoms with E-state index in [0.29, 0.717) is 19.4 Å². The van der Waals surface area contributed by atoms with Gasteiger partial charge in [-0.2, -0.15) is 0 Å². The van der Waals surface area contributed by atoms with Gasteiger partial charge in [0.25, 0.3) is 0 Å². The summed E-state index contributed by atoms with van der Waals surface area (Å²) in [5, 5.41) is 23.3. The molecule has 3 N–H and O–H groups in total. The van der Waals surface area contributed by atoms with Crippen molar-refractivity contribution in [2.24, 2.45) is 0 Å². The Hall–Kier alpha value is -1.40. The maximum Gasteiger partial charge on any atom is 0.305 e. The van der Waals surface area contributed by atoms with E-state index in [-0.39, 0.29) is 18.5 Å². The van der Waals surface area contributed by atoms with Crippen molar-refractivity contribution >= 4 is 11.9 Å². The summed E-state index contributed by atoms with van der Waals surface area (Å²) < 4.78 is 5.48. The molecule has 0 aliphatic heterocycles. The van der Waals surface area contributed by atoms with Crippen LogP contribution in [0.5, 0.6) is 0 Å². The standard InChI is InChI=1S/C81H159NO5/c1-3-5-7-9-11-13-15-16-17-18-19-41-44-47-50-54-57-61-65-69-73-79(84)78(77-83)82-80(85)74-70-66-62-58-55-51-48-45-42-39-37-35-33-31-29-27-25-23-21-20-22-24-26-28-30-32-34-36-38-40-43-46-49-52-56-60-64-68-72-76-87-81(86)75-71-67-63-59-53-14-12-10-8-6-4-2/h69,73,78-79,83-84H,3-68,70-72,74-77H2,1-2H3,(H,82,85)/b73-69+. The molecule has 0 rings (SSSR count). The summed E-state index contributed by atoms with van der Waals surface area (Å²) in [7, 11) is 0. The zero-order valence-corrected chi connectivity index (χ0v) is 59.5. The average molecular weight is 1230 g/mol. The Bertz CT molecular complexity index is 1320. The minimum absolute atomic E-state index is 0.0246. The van der Waals surface area contributed by atoms with E-state index >= 15 is 0 Å². The molecular formula is C81H159NO5. The molecule has 518 valence electrons.